The molecular formula is C13H15N3O3. The summed E-state index contributed by atoms with van der Waals surface area (Å²) in [5.74, 6) is 8.33. The lowest BCUT2D eigenvalue weighted by molar-refractivity contribution is 0.386. The molecule has 0 saturated carbocycles. The highest BCUT2D eigenvalue weighted by molar-refractivity contribution is 5.46. The summed E-state index contributed by atoms with van der Waals surface area (Å²) in [7, 11) is 3.17. The molecule has 0 aliphatic carbocycles. The third-order valence-corrected chi connectivity index (χ3v) is 2.44. The average molecular weight is 261 g/mol. The fourth-order valence-electron chi connectivity index (χ4n) is 1.53. The molecule has 0 aliphatic heterocycles. The van der Waals surface area contributed by atoms with E-state index in [0.29, 0.717) is 28.8 Å². The number of benzene rings is 1. The maximum atomic E-state index is 5.71. The first-order chi connectivity index (χ1) is 9.25. The van der Waals surface area contributed by atoms with Crippen molar-refractivity contribution in [2.75, 3.05) is 19.6 Å². The molecule has 19 heavy (non-hydrogen) atoms. The first-order valence-corrected chi connectivity index (χ1v) is 5.58. The van der Waals surface area contributed by atoms with E-state index in [4.69, 9.17) is 20.1 Å². The van der Waals surface area contributed by atoms with Crippen LogP contribution in [0.2, 0.25) is 0 Å². The number of pyridine rings is 1. The molecule has 0 spiro atoms. The monoisotopic (exact) mass is 261 g/mol. The van der Waals surface area contributed by atoms with Gasteiger partial charge in [0.05, 0.1) is 14.2 Å². The Morgan fingerprint density at radius 2 is 1.58 bits per heavy atom. The Morgan fingerprint density at radius 3 is 2.16 bits per heavy atom. The molecule has 6 heteroatoms. The van der Waals surface area contributed by atoms with Gasteiger partial charge in [-0.15, -0.1) is 0 Å². The van der Waals surface area contributed by atoms with E-state index in [1.165, 1.54) is 0 Å². The number of hydrogen-bond donors (Lipinski definition) is 2. The smallest absolute Gasteiger partial charge is 0.143 e. The van der Waals surface area contributed by atoms with Gasteiger partial charge in [-0.1, -0.05) is 0 Å². The van der Waals surface area contributed by atoms with Gasteiger partial charge in [0, 0.05) is 30.5 Å². The van der Waals surface area contributed by atoms with Crippen molar-refractivity contribution in [3.05, 3.63) is 36.5 Å². The van der Waals surface area contributed by atoms with Crippen molar-refractivity contribution < 1.29 is 14.2 Å². The largest absolute Gasteiger partial charge is 0.496 e. The number of nitrogen functional groups attached to an aromatic ring is 1. The van der Waals surface area contributed by atoms with Gasteiger partial charge in [-0.25, -0.2) is 10.8 Å². The summed E-state index contributed by atoms with van der Waals surface area (Å²) >= 11 is 0. The van der Waals surface area contributed by atoms with Gasteiger partial charge in [-0.05, 0) is 6.07 Å². The van der Waals surface area contributed by atoms with Crippen LogP contribution >= 0.6 is 0 Å². The highest BCUT2D eigenvalue weighted by atomic mass is 16.5. The quantitative estimate of drug-likeness (QED) is 0.634. The topological polar surface area (TPSA) is 78.6 Å². The van der Waals surface area contributed by atoms with E-state index < -0.39 is 0 Å². The molecule has 1 heterocycles. The van der Waals surface area contributed by atoms with Crippen molar-refractivity contribution in [3.8, 4) is 23.0 Å². The van der Waals surface area contributed by atoms with Crippen LogP contribution in [0.3, 0.4) is 0 Å². The van der Waals surface area contributed by atoms with E-state index >= 15 is 0 Å². The lowest BCUT2D eigenvalue weighted by atomic mass is 10.3. The molecule has 2 rings (SSSR count). The number of aromatic nitrogens is 1. The molecule has 0 amide bonds. The summed E-state index contributed by atoms with van der Waals surface area (Å²) in [6.07, 6.45) is 1.60. The standard InChI is InChI=1S/C13H15N3O3/c1-17-10-5-11(18-2)7-12(6-10)19-9-3-4-15-13(8-9)16-14/h3-8H,14H2,1-2H3,(H,15,16). The van der Waals surface area contributed by atoms with Crippen molar-refractivity contribution in [2.45, 2.75) is 0 Å². The summed E-state index contributed by atoms with van der Waals surface area (Å²) < 4.78 is 16.1. The molecule has 2 aromatic rings. The molecule has 6 nitrogen and oxygen atoms in total. The Bertz CT molecular complexity index is 538. The van der Waals surface area contributed by atoms with Crippen LogP contribution in [0.5, 0.6) is 23.0 Å². The van der Waals surface area contributed by atoms with E-state index in [1.807, 2.05) is 0 Å². The number of rotatable bonds is 5. The van der Waals surface area contributed by atoms with Crippen molar-refractivity contribution in [3.63, 3.8) is 0 Å². The molecule has 0 aliphatic rings. The minimum absolute atomic E-state index is 0.521. The van der Waals surface area contributed by atoms with Crippen LogP contribution < -0.4 is 25.5 Å². The molecule has 0 atom stereocenters. The van der Waals surface area contributed by atoms with Gasteiger partial charge < -0.3 is 19.6 Å². The van der Waals surface area contributed by atoms with Gasteiger partial charge >= 0.3 is 0 Å². The molecule has 1 aromatic carbocycles. The summed E-state index contributed by atoms with van der Waals surface area (Å²) in [6.45, 7) is 0. The fourth-order valence-corrected chi connectivity index (χ4v) is 1.53. The third-order valence-electron chi connectivity index (χ3n) is 2.44. The zero-order valence-electron chi connectivity index (χ0n) is 10.7. The van der Waals surface area contributed by atoms with Gasteiger partial charge in [0.2, 0.25) is 0 Å². The second kappa shape index (κ2) is 5.92. The Morgan fingerprint density at radius 1 is 0.947 bits per heavy atom. The fraction of sp³-hybridized carbons (Fsp3) is 0.154. The Hall–Kier alpha value is -2.47. The maximum Gasteiger partial charge on any atom is 0.143 e. The van der Waals surface area contributed by atoms with Crippen LogP contribution in [0.25, 0.3) is 0 Å². The zero-order chi connectivity index (χ0) is 13.7. The third kappa shape index (κ3) is 3.26. The molecule has 0 fully saturated rings. The second-order valence-electron chi connectivity index (χ2n) is 3.67. The summed E-state index contributed by atoms with van der Waals surface area (Å²) in [5.41, 5.74) is 2.46. The second-order valence-corrected chi connectivity index (χ2v) is 3.67. The predicted molar refractivity (Wildman–Crippen MR) is 71.7 cm³/mol. The minimum Gasteiger partial charge on any atom is -0.496 e. The van der Waals surface area contributed by atoms with E-state index in [1.54, 1.807) is 50.7 Å². The number of methoxy groups -OCH3 is 2. The van der Waals surface area contributed by atoms with Gasteiger partial charge in [-0.3, -0.25) is 0 Å². The van der Waals surface area contributed by atoms with E-state index in [2.05, 4.69) is 10.4 Å². The van der Waals surface area contributed by atoms with Crippen LogP contribution in [-0.2, 0) is 0 Å². The summed E-state index contributed by atoms with van der Waals surface area (Å²) in [5, 5.41) is 0. The van der Waals surface area contributed by atoms with Crippen molar-refractivity contribution in [1.29, 1.82) is 0 Å². The number of nitrogens with zero attached hydrogens (tertiary/aromatic N) is 1. The average Bonchev–Trinajstić information content (AvgIpc) is 2.47. The Balaban J connectivity index is 2.26. The van der Waals surface area contributed by atoms with Crippen molar-refractivity contribution in [2.24, 2.45) is 5.84 Å². The van der Waals surface area contributed by atoms with Crippen LogP contribution in [0, 0.1) is 0 Å². The van der Waals surface area contributed by atoms with Crippen molar-refractivity contribution >= 4 is 5.82 Å². The number of nitrogens with two attached hydrogens (primary N) is 1. The van der Waals surface area contributed by atoms with Crippen LogP contribution in [-0.4, -0.2) is 19.2 Å². The molecule has 0 unspecified atom stereocenters. The zero-order valence-corrected chi connectivity index (χ0v) is 10.7. The lowest BCUT2D eigenvalue weighted by Crippen LogP contribution is -2.08. The maximum absolute atomic E-state index is 5.71. The highest BCUT2D eigenvalue weighted by Crippen LogP contribution is 2.31. The number of ether oxygens (including phenoxy) is 3. The summed E-state index contributed by atoms with van der Waals surface area (Å²) in [6, 6.07) is 8.71. The molecule has 0 saturated heterocycles. The SMILES string of the molecule is COc1cc(OC)cc(Oc2ccnc(NN)c2)c1. The van der Waals surface area contributed by atoms with E-state index in [-0.39, 0.29) is 0 Å². The van der Waals surface area contributed by atoms with Gasteiger partial charge in [0.1, 0.15) is 28.8 Å². The number of hydrogen-bond acceptors (Lipinski definition) is 6. The first-order valence-electron chi connectivity index (χ1n) is 5.58. The first kappa shape index (κ1) is 13.0. The molecule has 100 valence electrons. The number of anilines is 1. The highest BCUT2D eigenvalue weighted by Gasteiger charge is 2.05. The lowest BCUT2D eigenvalue weighted by Gasteiger charge is -2.10. The molecule has 1 aromatic heterocycles. The molecule has 3 N–H and O–H groups in total. The van der Waals surface area contributed by atoms with Gasteiger partial charge in [0.15, 0.2) is 0 Å². The Labute approximate surface area is 111 Å². The van der Waals surface area contributed by atoms with E-state index in [9.17, 15) is 0 Å². The summed E-state index contributed by atoms with van der Waals surface area (Å²) in [4.78, 5) is 4.00. The molecule has 0 bridgehead atoms. The number of hydrazine groups is 1. The molecule has 0 radical (unpaired) electrons. The van der Waals surface area contributed by atoms with E-state index in [0.717, 1.165) is 0 Å². The van der Waals surface area contributed by atoms with Crippen LogP contribution in [0.1, 0.15) is 0 Å². The van der Waals surface area contributed by atoms with Crippen molar-refractivity contribution in [1.82, 2.24) is 4.98 Å². The van der Waals surface area contributed by atoms with Gasteiger partial charge in [-0.2, -0.15) is 0 Å². The van der Waals surface area contributed by atoms with Crippen LogP contribution in [0.15, 0.2) is 36.5 Å². The normalized spacial score (nSPS) is 9.84. The molecular weight excluding hydrogens is 246 g/mol. The van der Waals surface area contributed by atoms with Crippen LogP contribution in [0.4, 0.5) is 5.82 Å². The Kier molecular flexibility index (Phi) is 4.04. The van der Waals surface area contributed by atoms with Gasteiger partial charge in [0.25, 0.3) is 0 Å². The minimum atomic E-state index is 0.521. The predicted octanol–water partition coefficient (Wildman–Crippen LogP) is 2.18. The number of nitrogens with one attached hydrogen (secondary N) is 1.